The summed E-state index contributed by atoms with van der Waals surface area (Å²) in [5.41, 5.74) is 13.2. The second kappa shape index (κ2) is 10.3. The summed E-state index contributed by atoms with van der Waals surface area (Å²) >= 11 is 5.91. The molecule has 2 aromatic heterocycles. The van der Waals surface area contributed by atoms with Crippen LogP contribution in [0.15, 0.2) is 49.1 Å². The summed E-state index contributed by atoms with van der Waals surface area (Å²) < 4.78 is 24.9. The van der Waals surface area contributed by atoms with Gasteiger partial charge in [-0.3, -0.25) is 9.36 Å². The lowest BCUT2D eigenvalue weighted by Crippen LogP contribution is -2.39. The number of carbonyl (C=O) groups is 1. The maximum absolute atomic E-state index is 12.7. The summed E-state index contributed by atoms with van der Waals surface area (Å²) in [4.78, 5) is 30.4. The van der Waals surface area contributed by atoms with Crippen LogP contribution >= 0.6 is 19.3 Å². The zero-order valence-corrected chi connectivity index (χ0v) is 20.7. The van der Waals surface area contributed by atoms with Gasteiger partial charge < -0.3 is 14.8 Å². The van der Waals surface area contributed by atoms with Gasteiger partial charge in [0, 0.05) is 10.9 Å². The third-order valence-corrected chi connectivity index (χ3v) is 6.75. The minimum Gasteiger partial charge on any atom is -0.382 e. The minimum absolute atomic E-state index is 0.00261. The lowest BCUT2D eigenvalue weighted by atomic mass is 10.1. The molecule has 0 radical (unpaired) electrons. The Balaban J connectivity index is 1.32. The Morgan fingerprint density at radius 2 is 2.03 bits per heavy atom. The average Bonchev–Trinajstić information content (AvgIpc) is 3.47. The SMILES string of the molecule is CON(c1ccc(Cl)cc1)[C@@H](C)C(=O)OP(N)(=O)OC[C@H]1C=C[C@@H](n2cnc3c(N)ncnc32)C1. The fraction of sp³-hybridized carbons (Fsp3) is 0.333. The van der Waals surface area contributed by atoms with Crippen molar-refractivity contribution in [3.63, 3.8) is 0 Å². The fourth-order valence-corrected chi connectivity index (χ4v) is 4.78. The Hall–Kier alpha value is -3.02. The predicted octanol–water partition coefficient (Wildman–Crippen LogP) is 3.26. The van der Waals surface area contributed by atoms with Crippen LogP contribution in [0.3, 0.4) is 0 Å². The molecule has 0 saturated carbocycles. The first-order valence-corrected chi connectivity index (χ1v) is 12.6. The van der Waals surface area contributed by atoms with Crippen molar-refractivity contribution in [2.24, 2.45) is 11.4 Å². The first-order chi connectivity index (χ1) is 16.7. The third-order valence-electron chi connectivity index (χ3n) is 5.55. The van der Waals surface area contributed by atoms with Crippen LogP contribution in [0, 0.1) is 5.92 Å². The van der Waals surface area contributed by atoms with Gasteiger partial charge in [-0.1, -0.05) is 23.8 Å². The number of nitrogens with zero attached hydrogens (tertiary/aromatic N) is 5. The van der Waals surface area contributed by atoms with Crippen molar-refractivity contribution in [1.82, 2.24) is 19.5 Å². The van der Waals surface area contributed by atoms with Gasteiger partial charge in [0.1, 0.15) is 11.8 Å². The van der Waals surface area contributed by atoms with Crippen molar-refractivity contribution in [2.75, 3.05) is 24.5 Å². The van der Waals surface area contributed by atoms with Gasteiger partial charge in [-0.15, -0.1) is 0 Å². The number of fused-ring (bicyclic) bond motifs is 1. The smallest absolute Gasteiger partial charge is 0.382 e. The molecule has 1 aliphatic rings. The van der Waals surface area contributed by atoms with Crippen LogP contribution in [0.2, 0.25) is 5.02 Å². The molecule has 35 heavy (non-hydrogen) atoms. The molecule has 0 fully saturated rings. The molecule has 0 saturated heterocycles. The van der Waals surface area contributed by atoms with E-state index in [0.29, 0.717) is 34.1 Å². The van der Waals surface area contributed by atoms with Crippen molar-refractivity contribution >= 4 is 48.0 Å². The molecular formula is C21H25ClN7O5P. The lowest BCUT2D eigenvalue weighted by Gasteiger charge is -2.27. The van der Waals surface area contributed by atoms with Crippen LogP contribution in [0.5, 0.6) is 0 Å². The highest BCUT2D eigenvalue weighted by Gasteiger charge is 2.32. The topological polar surface area (TPSA) is 161 Å². The first-order valence-electron chi connectivity index (χ1n) is 10.7. The van der Waals surface area contributed by atoms with Crippen molar-refractivity contribution in [1.29, 1.82) is 0 Å². The van der Waals surface area contributed by atoms with Crippen molar-refractivity contribution in [3.05, 3.63) is 54.1 Å². The highest BCUT2D eigenvalue weighted by Crippen LogP contribution is 2.42. The molecule has 0 aliphatic heterocycles. The molecular weight excluding hydrogens is 497 g/mol. The van der Waals surface area contributed by atoms with E-state index in [1.54, 1.807) is 30.6 Å². The number of halogens is 1. The number of nitrogen functional groups attached to an aromatic ring is 1. The van der Waals surface area contributed by atoms with E-state index < -0.39 is 19.8 Å². The van der Waals surface area contributed by atoms with Gasteiger partial charge in [0.25, 0.3) is 0 Å². The molecule has 12 nitrogen and oxygen atoms in total. The fourth-order valence-electron chi connectivity index (χ4n) is 3.79. The Morgan fingerprint density at radius 1 is 1.29 bits per heavy atom. The number of benzene rings is 1. The Bertz CT molecular complexity index is 1280. The van der Waals surface area contributed by atoms with E-state index >= 15 is 0 Å². The number of allylic oxidation sites excluding steroid dienone is 1. The van der Waals surface area contributed by atoms with Crippen molar-refractivity contribution in [2.45, 2.75) is 25.4 Å². The zero-order valence-electron chi connectivity index (χ0n) is 19.0. The number of imidazole rings is 1. The number of hydrogen-bond acceptors (Lipinski definition) is 10. The largest absolute Gasteiger partial charge is 0.458 e. The molecule has 3 aromatic rings. The first kappa shape index (κ1) is 25.1. The molecule has 1 aromatic carbocycles. The monoisotopic (exact) mass is 521 g/mol. The van der Waals surface area contributed by atoms with Crippen LogP contribution in [-0.4, -0.2) is 45.2 Å². The van der Waals surface area contributed by atoms with E-state index in [1.165, 1.54) is 25.4 Å². The van der Waals surface area contributed by atoms with Crippen LogP contribution in [0.4, 0.5) is 11.5 Å². The maximum atomic E-state index is 12.7. The molecule has 1 unspecified atom stereocenters. The van der Waals surface area contributed by atoms with Gasteiger partial charge in [-0.05, 0) is 37.6 Å². The Kier molecular flexibility index (Phi) is 7.39. The normalized spacial score (nSPS) is 20.0. The molecule has 14 heteroatoms. The number of nitrogens with two attached hydrogens (primary N) is 2. The zero-order chi connectivity index (χ0) is 25.2. The summed E-state index contributed by atoms with van der Waals surface area (Å²) in [7, 11) is -2.78. The molecule has 4 N–H and O–H groups in total. The average molecular weight is 522 g/mol. The third kappa shape index (κ3) is 5.63. The minimum atomic E-state index is -4.17. The summed E-state index contributed by atoms with van der Waals surface area (Å²) in [6, 6.07) is 5.62. The van der Waals surface area contributed by atoms with Crippen LogP contribution in [0.1, 0.15) is 19.4 Å². The summed E-state index contributed by atoms with van der Waals surface area (Å²) in [5.74, 6) is -0.678. The predicted molar refractivity (Wildman–Crippen MR) is 130 cm³/mol. The molecule has 4 rings (SSSR count). The summed E-state index contributed by atoms with van der Waals surface area (Å²) in [5, 5.41) is 1.82. The van der Waals surface area contributed by atoms with E-state index in [-0.39, 0.29) is 18.6 Å². The van der Waals surface area contributed by atoms with Gasteiger partial charge in [0.2, 0.25) is 0 Å². The molecule has 4 atom stereocenters. The highest BCUT2D eigenvalue weighted by atomic mass is 35.5. The second-order valence-electron chi connectivity index (χ2n) is 7.94. The summed E-state index contributed by atoms with van der Waals surface area (Å²) in [6.45, 7) is 1.52. The number of anilines is 2. The quantitative estimate of drug-likeness (QED) is 0.241. The van der Waals surface area contributed by atoms with Gasteiger partial charge in [-0.2, -0.15) is 0 Å². The van der Waals surface area contributed by atoms with E-state index in [1.807, 2.05) is 16.7 Å². The standard InChI is InChI=1S/C21H25ClN7O5P/c1-13(29(32-2)16-7-4-15(22)5-8-16)21(30)34-35(24,31)33-10-14-3-6-17(9-14)28-12-27-18-19(23)25-11-26-20(18)28/h3-8,11-14,17H,9-10H2,1-2H3,(H2,24,31)(H2,23,25,26)/t13-,14-,17+,35?/m0/s1. The van der Waals surface area contributed by atoms with E-state index in [4.69, 9.17) is 36.7 Å². The number of hydrogen-bond donors (Lipinski definition) is 2. The Labute approximate surface area is 206 Å². The summed E-state index contributed by atoms with van der Waals surface area (Å²) in [6.07, 6.45) is 7.53. The number of rotatable bonds is 9. The van der Waals surface area contributed by atoms with Gasteiger partial charge in [0.15, 0.2) is 17.5 Å². The Morgan fingerprint density at radius 3 is 2.74 bits per heavy atom. The van der Waals surface area contributed by atoms with Crippen molar-refractivity contribution in [3.8, 4) is 0 Å². The van der Waals surface area contributed by atoms with Gasteiger partial charge in [0.05, 0.1) is 31.8 Å². The molecule has 2 heterocycles. The van der Waals surface area contributed by atoms with E-state index in [0.717, 1.165) is 0 Å². The van der Waals surface area contributed by atoms with Gasteiger partial charge in [-0.25, -0.2) is 34.9 Å². The highest BCUT2D eigenvalue weighted by molar-refractivity contribution is 7.51. The lowest BCUT2D eigenvalue weighted by molar-refractivity contribution is -0.138. The molecule has 1 aliphatic carbocycles. The van der Waals surface area contributed by atoms with E-state index in [2.05, 4.69) is 15.0 Å². The number of hydroxylamine groups is 1. The molecule has 0 amide bonds. The molecule has 0 bridgehead atoms. The van der Waals surface area contributed by atoms with Crippen LogP contribution < -0.4 is 16.3 Å². The van der Waals surface area contributed by atoms with Gasteiger partial charge >= 0.3 is 13.7 Å². The number of aromatic nitrogens is 4. The van der Waals surface area contributed by atoms with Crippen molar-refractivity contribution < 1.29 is 23.2 Å². The molecule has 0 spiro atoms. The van der Waals surface area contributed by atoms with Crippen LogP contribution in [-0.2, 0) is 23.2 Å². The maximum Gasteiger partial charge on any atom is 0.458 e. The van der Waals surface area contributed by atoms with E-state index in [9.17, 15) is 9.36 Å². The number of carbonyl (C=O) groups excluding carboxylic acids is 1. The van der Waals surface area contributed by atoms with Crippen LogP contribution in [0.25, 0.3) is 11.2 Å². The molecule has 186 valence electrons. The second-order valence-corrected chi connectivity index (χ2v) is 9.89.